The Hall–Kier alpha value is -3.81. The fourth-order valence-corrected chi connectivity index (χ4v) is 3.54. The van der Waals surface area contributed by atoms with Gasteiger partial charge < -0.3 is 15.2 Å². The van der Waals surface area contributed by atoms with Crippen molar-refractivity contribution in [2.75, 3.05) is 6.61 Å². The lowest BCUT2D eigenvalue weighted by Gasteiger charge is -2.39. The molecule has 0 radical (unpaired) electrons. The third kappa shape index (κ3) is 3.36. The van der Waals surface area contributed by atoms with Crippen molar-refractivity contribution in [1.82, 2.24) is 15.3 Å². The van der Waals surface area contributed by atoms with Crippen LogP contribution in [0.15, 0.2) is 54.9 Å². The highest BCUT2D eigenvalue weighted by atomic mass is 19.1. The lowest BCUT2D eigenvalue weighted by Crippen LogP contribution is -2.50. The molecule has 0 saturated carbocycles. The van der Waals surface area contributed by atoms with E-state index in [0.29, 0.717) is 29.0 Å². The van der Waals surface area contributed by atoms with Crippen LogP contribution in [0.25, 0.3) is 0 Å². The minimum absolute atomic E-state index is 0.0592. The molecule has 30 heavy (non-hydrogen) atoms. The second kappa shape index (κ2) is 7.55. The molecule has 2 aromatic heterocycles. The normalized spacial score (nSPS) is 17.5. The number of carbonyl (C=O) groups excluding carboxylic acids is 1. The number of amides is 1. The van der Waals surface area contributed by atoms with Crippen molar-refractivity contribution < 1.29 is 23.8 Å². The molecule has 0 spiro atoms. The van der Waals surface area contributed by atoms with Crippen LogP contribution in [-0.4, -0.2) is 33.6 Å². The number of nitrogens with one attached hydrogen (secondary N) is 1. The number of hydrogen-bond acceptors (Lipinski definition) is 5. The molecule has 0 saturated heterocycles. The number of ether oxygens (including phenoxy) is 1. The molecule has 3 heterocycles. The predicted molar refractivity (Wildman–Crippen MR) is 105 cm³/mol. The van der Waals surface area contributed by atoms with Gasteiger partial charge in [-0.05, 0) is 48.4 Å². The van der Waals surface area contributed by atoms with Gasteiger partial charge in [0.15, 0.2) is 0 Å². The molecule has 2 N–H and O–H groups in total. The summed E-state index contributed by atoms with van der Waals surface area (Å²) in [5.41, 5.74) is 0.145. The van der Waals surface area contributed by atoms with Crippen molar-refractivity contribution in [3.8, 4) is 5.75 Å². The van der Waals surface area contributed by atoms with Crippen molar-refractivity contribution in [2.24, 2.45) is 0 Å². The molecule has 3 aromatic rings. The van der Waals surface area contributed by atoms with Crippen LogP contribution >= 0.6 is 0 Å². The van der Waals surface area contributed by atoms with Gasteiger partial charge in [-0.15, -0.1) is 0 Å². The number of rotatable bonds is 4. The van der Waals surface area contributed by atoms with Gasteiger partial charge in [-0.25, -0.2) is 9.18 Å². The number of pyridine rings is 2. The molecule has 0 bridgehead atoms. The zero-order chi connectivity index (χ0) is 21.3. The molecule has 1 aromatic carbocycles. The van der Waals surface area contributed by atoms with Crippen molar-refractivity contribution in [3.05, 3.63) is 88.8 Å². The van der Waals surface area contributed by atoms with Crippen molar-refractivity contribution >= 4 is 11.9 Å². The Balaban J connectivity index is 1.83. The second-order valence-electron chi connectivity index (χ2n) is 7.01. The summed E-state index contributed by atoms with van der Waals surface area (Å²) in [7, 11) is 0. The highest BCUT2D eigenvalue weighted by Gasteiger charge is 2.43. The van der Waals surface area contributed by atoms with E-state index in [1.807, 2.05) is 0 Å². The van der Waals surface area contributed by atoms with Crippen LogP contribution < -0.4 is 10.1 Å². The van der Waals surface area contributed by atoms with E-state index in [4.69, 9.17) is 4.74 Å². The molecular formula is C22H18FN3O4. The summed E-state index contributed by atoms with van der Waals surface area (Å²) in [6.45, 7) is 1.93. The van der Waals surface area contributed by atoms with E-state index in [0.717, 1.165) is 0 Å². The van der Waals surface area contributed by atoms with Gasteiger partial charge in [0.2, 0.25) is 0 Å². The second-order valence-corrected chi connectivity index (χ2v) is 7.01. The molecule has 8 heteroatoms. The van der Waals surface area contributed by atoms with E-state index >= 15 is 0 Å². The van der Waals surface area contributed by atoms with E-state index in [9.17, 15) is 19.1 Å². The topological polar surface area (TPSA) is 101 Å². The fraction of sp³-hybridized carbons (Fsp3) is 0.182. The van der Waals surface area contributed by atoms with E-state index in [1.165, 1.54) is 24.4 Å². The first-order chi connectivity index (χ1) is 14.4. The summed E-state index contributed by atoms with van der Waals surface area (Å²) in [6.07, 6.45) is 3.14. The van der Waals surface area contributed by atoms with Crippen LogP contribution in [0.4, 0.5) is 4.39 Å². The summed E-state index contributed by atoms with van der Waals surface area (Å²) in [6, 6.07) is 10.7. The number of carboxylic acid groups (broad SMARTS) is 1. The van der Waals surface area contributed by atoms with Crippen LogP contribution in [0.5, 0.6) is 5.75 Å². The number of carbonyl (C=O) groups is 2. The maximum Gasteiger partial charge on any atom is 0.335 e. The Morgan fingerprint density at radius 2 is 2.00 bits per heavy atom. The third-order valence-corrected chi connectivity index (χ3v) is 5.14. The van der Waals surface area contributed by atoms with Gasteiger partial charge in [0.25, 0.3) is 5.91 Å². The zero-order valence-corrected chi connectivity index (χ0v) is 16.1. The highest BCUT2D eigenvalue weighted by molar-refractivity contribution is 5.96. The van der Waals surface area contributed by atoms with Crippen LogP contribution in [0, 0.1) is 12.7 Å². The van der Waals surface area contributed by atoms with Gasteiger partial charge in [-0.2, -0.15) is 0 Å². The Kier molecular flexibility index (Phi) is 4.91. The van der Waals surface area contributed by atoms with Gasteiger partial charge in [-0.1, -0.05) is 12.1 Å². The molecule has 0 aliphatic carbocycles. The Bertz CT molecular complexity index is 1150. The Labute approximate surface area is 171 Å². The van der Waals surface area contributed by atoms with Gasteiger partial charge in [0.05, 0.1) is 12.2 Å². The van der Waals surface area contributed by atoms with Crippen molar-refractivity contribution in [1.29, 1.82) is 0 Å². The van der Waals surface area contributed by atoms with Crippen LogP contribution in [0.2, 0.25) is 0 Å². The first kappa shape index (κ1) is 19.5. The molecule has 1 atom stereocenters. The summed E-state index contributed by atoms with van der Waals surface area (Å²) in [5.74, 6) is -1.69. The van der Waals surface area contributed by atoms with Gasteiger partial charge in [-0.3, -0.25) is 14.8 Å². The first-order valence-corrected chi connectivity index (χ1v) is 9.27. The fourth-order valence-electron chi connectivity index (χ4n) is 3.54. The monoisotopic (exact) mass is 407 g/mol. The number of nitrogens with zero attached hydrogens (tertiary/aromatic N) is 2. The van der Waals surface area contributed by atoms with Crippen LogP contribution in [0.3, 0.4) is 0 Å². The Morgan fingerprint density at radius 3 is 2.77 bits per heavy atom. The van der Waals surface area contributed by atoms with Gasteiger partial charge >= 0.3 is 5.97 Å². The number of aromatic nitrogens is 2. The molecule has 1 aliphatic heterocycles. The van der Waals surface area contributed by atoms with Gasteiger partial charge in [0, 0.05) is 18.8 Å². The third-order valence-electron chi connectivity index (χ3n) is 5.14. The van der Waals surface area contributed by atoms with Gasteiger partial charge in [0.1, 0.15) is 28.5 Å². The SMILES string of the molecule is Cc1ccc([C@@]2(NC(=O)c3cc(C(=O)O)ccn3)CCOc3cccnc32)cc1F. The first-order valence-electron chi connectivity index (χ1n) is 9.27. The average molecular weight is 407 g/mol. The van der Waals surface area contributed by atoms with E-state index in [2.05, 4.69) is 15.3 Å². The number of hydrogen-bond donors (Lipinski definition) is 2. The lowest BCUT2D eigenvalue weighted by molar-refractivity contribution is 0.0696. The van der Waals surface area contributed by atoms with E-state index in [1.54, 1.807) is 37.4 Å². The summed E-state index contributed by atoms with van der Waals surface area (Å²) in [4.78, 5) is 32.8. The van der Waals surface area contributed by atoms with E-state index in [-0.39, 0.29) is 17.9 Å². The van der Waals surface area contributed by atoms with Crippen LogP contribution in [0.1, 0.15) is 44.1 Å². The minimum Gasteiger partial charge on any atom is -0.491 e. The molecule has 1 aliphatic rings. The number of benzene rings is 1. The number of fused-ring (bicyclic) bond motifs is 1. The molecule has 0 unspecified atom stereocenters. The predicted octanol–water partition coefficient (Wildman–Crippen LogP) is 3.08. The summed E-state index contributed by atoms with van der Waals surface area (Å²) < 4.78 is 20.1. The summed E-state index contributed by atoms with van der Waals surface area (Å²) >= 11 is 0. The molecular weight excluding hydrogens is 389 g/mol. The zero-order valence-electron chi connectivity index (χ0n) is 16.1. The van der Waals surface area contributed by atoms with Crippen LogP contribution in [-0.2, 0) is 5.54 Å². The maximum absolute atomic E-state index is 14.4. The lowest BCUT2D eigenvalue weighted by atomic mass is 9.81. The van der Waals surface area contributed by atoms with E-state index < -0.39 is 23.2 Å². The molecule has 152 valence electrons. The smallest absolute Gasteiger partial charge is 0.335 e. The molecule has 1 amide bonds. The molecule has 0 fully saturated rings. The number of aromatic carboxylic acids is 1. The standard InChI is InChI=1S/C22H18FN3O4/c1-13-4-5-15(12-16(13)23)22(7-10-30-18-3-2-8-25-19(18)22)26-20(27)17-11-14(21(28)29)6-9-24-17/h2-6,8-9,11-12H,7,10H2,1H3,(H,26,27)(H,28,29)/t22-/m0/s1. The molecule has 4 rings (SSSR count). The quantitative estimate of drug-likeness (QED) is 0.689. The number of aryl methyl sites for hydroxylation is 1. The molecule has 7 nitrogen and oxygen atoms in total. The largest absolute Gasteiger partial charge is 0.491 e. The highest BCUT2D eigenvalue weighted by Crippen LogP contribution is 2.41. The average Bonchev–Trinajstić information content (AvgIpc) is 2.76. The summed E-state index contributed by atoms with van der Waals surface area (Å²) in [5, 5.41) is 12.1. The Morgan fingerprint density at radius 1 is 1.17 bits per heavy atom. The van der Waals surface area contributed by atoms with Crippen molar-refractivity contribution in [3.63, 3.8) is 0 Å². The minimum atomic E-state index is -1.17. The number of carboxylic acids is 1. The number of halogens is 1. The maximum atomic E-state index is 14.4. The van der Waals surface area contributed by atoms with Crippen molar-refractivity contribution in [2.45, 2.75) is 18.9 Å².